The molecule has 0 spiro atoms. The molecule has 20 nitrogen and oxygen atoms in total. The number of esters is 2. The fraction of sp³-hybridized carbons (Fsp3) is 0.120. The summed E-state index contributed by atoms with van der Waals surface area (Å²) in [5.41, 5.74) is 3.07. The van der Waals surface area contributed by atoms with Gasteiger partial charge in [-0.2, -0.15) is 21.8 Å². The van der Waals surface area contributed by atoms with E-state index in [1.807, 2.05) is 44.2 Å². The molecule has 3 N–H and O–H groups in total. The van der Waals surface area contributed by atoms with Crippen LogP contribution < -0.4 is 4.65 Å². The third-order valence-corrected chi connectivity index (χ3v) is 15.0. The summed E-state index contributed by atoms with van der Waals surface area (Å²) in [5, 5.41) is 16.2. The Bertz CT molecular complexity index is 4160. The minimum absolute atomic E-state index is 0.00382. The lowest BCUT2D eigenvalue weighted by Gasteiger charge is -2.19. The lowest BCUT2D eigenvalue weighted by atomic mass is 9.94. The Morgan fingerprint density at radius 2 is 1.03 bits per heavy atom. The van der Waals surface area contributed by atoms with Crippen LogP contribution >= 0.6 is 12.0 Å². The van der Waals surface area contributed by atoms with E-state index in [1.165, 1.54) is 42.5 Å². The fourth-order valence-electron chi connectivity index (χ4n) is 9.45. The summed E-state index contributed by atoms with van der Waals surface area (Å²) in [6.45, 7) is 3.89. The van der Waals surface area contributed by atoms with Crippen LogP contribution in [0.1, 0.15) is 80.8 Å². The van der Waals surface area contributed by atoms with Crippen molar-refractivity contribution in [2.75, 3.05) is 13.2 Å². The molecule has 0 fully saturated rings. The Morgan fingerprint density at radius 1 is 0.554 bits per heavy atom. The van der Waals surface area contributed by atoms with Crippen LogP contribution in [0.2, 0.25) is 0 Å². The van der Waals surface area contributed by atoms with Gasteiger partial charge >= 0.3 is 19.1 Å². The molecule has 0 amide bonds. The highest BCUT2D eigenvalue weighted by Gasteiger charge is 2.59. The maximum absolute atomic E-state index is 13.6. The molecule has 24 heteroatoms. The number of hydrogen-bond donors (Lipinski definition) is 3. The number of hydrogen-bond acceptors (Lipinski definition) is 17. The van der Waals surface area contributed by atoms with E-state index < -0.39 is 39.4 Å². The second-order valence-electron chi connectivity index (χ2n) is 17.5. The van der Waals surface area contributed by atoms with Gasteiger partial charge in [-0.15, -0.1) is 4.33 Å². The van der Waals surface area contributed by atoms with E-state index in [0.29, 0.717) is 72.7 Å². The normalized spacial score (nSPS) is 15.2. The van der Waals surface area contributed by atoms with Crippen LogP contribution in [-0.4, -0.2) is 108 Å². The van der Waals surface area contributed by atoms with Gasteiger partial charge in [0, 0.05) is 4.90 Å². The average molecular weight is 1050 g/mol. The molecular formula is C50H35BN6O14S3+2. The van der Waals surface area contributed by atoms with E-state index >= 15 is 0 Å². The first kappa shape index (κ1) is 47.2. The molecule has 5 aliphatic heterocycles. The highest BCUT2D eigenvalue weighted by molar-refractivity contribution is 7.94. The van der Waals surface area contributed by atoms with Crippen LogP contribution in [0.25, 0.3) is 32.3 Å². The number of fused-ring (bicyclic) bond motifs is 13. The summed E-state index contributed by atoms with van der Waals surface area (Å²) >= 11 is 0.786. The Kier molecular flexibility index (Phi) is 11.3. The quantitative estimate of drug-likeness (QED) is 0.0257. The number of benzene rings is 7. The van der Waals surface area contributed by atoms with Crippen molar-refractivity contribution in [3.8, 4) is 5.75 Å². The SMILES string of the molecule is CCCOC(=O)c1cc(OB2[N+]3=C4N=C5N=C(N=C6c7cc8ccc(S(=O)(=O)O)cc8cc7C(=[N+]26)N=C3c2cc3ccc(S(=O)(=O)O)cc3cc24)c2cc3ccc(SOOO)cc3cc25)cc(C(=O)OCCC)c1. The topological polar surface area (TPSA) is 265 Å². The van der Waals surface area contributed by atoms with Crippen molar-refractivity contribution in [2.24, 2.45) is 20.0 Å². The number of ether oxygens (including phenoxy) is 2. The lowest BCUT2D eigenvalue weighted by molar-refractivity contribution is -0.432. The number of carbonyl (C=O) groups is 2. The third-order valence-electron chi connectivity index (χ3n) is 12.7. The molecule has 12 rings (SSSR count). The van der Waals surface area contributed by atoms with Crippen molar-refractivity contribution in [3.05, 3.63) is 154 Å². The van der Waals surface area contributed by atoms with Crippen LogP contribution in [0.15, 0.2) is 144 Å². The molecule has 5 aliphatic rings. The van der Waals surface area contributed by atoms with Crippen molar-refractivity contribution in [3.63, 3.8) is 0 Å². The van der Waals surface area contributed by atoms with Crippen LogP contribution in [-0.2, 0) is 39.1 Å². The zero-order chi connectivity index (χ0) is 51.4. The monoisotopic (exact) mass is 1050 g/mol. The third kappa shape index (κ3) is 7.98. The maximum atomic E-state index is 13.6. The molecule has 7 aromatic carbocycles. The van der Waals surface area contributed by atoms with Crippen LogP contribution in [0.3, 0.4) is 0 Å². The van der Waals surface area contributed by atoms with Gasteiger partial charge in [0.15, 0.2) is 0 Å². The number of carbonyl (C=O) groups excluding carboxylic acids is 2. The molecule has 0 atom stereocenters. The van der Waals surface area contributed by atoms with Crippen LogP contribution in [0.4, 0.5) is 0 Å². The van der Waals surface area contributed by atoms with E-state index in [-0.39, 0.29) is 74.9 Å². The van der Waals surface area contributed by atoms with Crippen molar-refractivity contribution in [2.45, 2.75) is 41.4 Å². The van der Waals surface area contributed by atoms with Gasteiger partial charge in [0.2, 0.25) is 11.7 Å². The summed E-state index contributed by atoms with van der Waals surface area (Å²) < 4.78 is 96.3. The van der Waals surface area contributed by atoms with Crippen molar-refractivity contribution >= 4 is 119 Å². The van der Waals surface area contributed by atoms with Gasteiger partial charge in [0.05, 0.1) is 79.6 Å². The van der Waals surface area contributed by atoms with Gasteiger partial charge in [0.25, 0.3) is 43.6 Å². The standard InChI is InChI=1S/C50H33BN6O14S3/c1-3-11-67-49(58)31-13-32(50(59)68-12-4-2)15-33(14-31)69-51-56-45-39-20-26-6-9-36(74(64,65)66)18-30(26)24-42(39)48(56)55-47-40-21-27-7-10-35(73(61,62)63)17-29(27)23-41(40)46(57(47)51)54-44-38-22-28-16-34(72-71-70-60)8-5-25(28)19-37(38)43(52-44)53-45/h5-10,13-24H,3-4,11-12H2,1-2H3,(H-2,60,61,62,63,64,65,66)/p+2. The fourth-order valence-corrected chi connectivity index (χ4v) is 10.9. The predicted octanol–water partition coefficient (Wildman–Crippen LogP) is 7.24. The van der Waals surface area contributed by atoms with E-state index in [1.54, 1.807) is 45.4 Å². The molecule has 5 heterocycles. The number of rotatable bonds is 13. The maximum Gasteiger partial charge on any atom is 0.801 e. The lowest BCUT2D eigenvalue weighted by Crippen LogP contribution is -2.55. The Hall–Kier alpha value is -7.81. The molecule has 74 heavy (non-hydrogen) atoms. The highest BCUT2D eigenvalue weighted by Crippen LogP contribution is 2.38. The van der Waals surface area contributed by atoms with Gasteiger partial charge in [-0.05, 0) is 136 Å². The smallest absolute Gasteiger partial charge is 0.495 e. The van der Waals surface area contributed by atoms with Gasteiger partial charge in [0.1, 0.15) is 5.75 Å². The molecule has 368 valence electrons. The Labute approximate surface area is 424 Å². The molecule has 4 bridgehead atoms. The first-order valence-electron chi connectivity index (χ1n) is 22.8. The Morgan fingerprint density at radius 3 is 1.57 bits per heavy atom. The van der Waals surface area contributed by atoms with Crippen LogP contribution in [0, 0.1) is 0 Å². The average Bonchev–Trinajstić information content (AvgIpc) is 3.99. The molecule has 0 radical (unpaired) electrons. The van der Waals surface area contributed by atoms with Gasteiger partial charge in [-0.3, -0.25) is 9.11 Å². The van der Waals surface area contributed by atoms with E-state index in [4.69, 9.17) is 43.7 Å². The molecular weight excluding hydrogens is 1020 g/mol. The van der Waals surface area contributed by atoms with Crippen molar-refractivity contribution in [1.29, 1.82) is 0 Å². The summed E-state index contributed by atoms with van der Waals surface area (Å²) in [7, 11) is -10.6. The molecule has 0 aliphatic carbocycles. The van der Waals surface area contributed by atoms with E-state index in [2.05, 4.69) is 5.04 Å². The minimum Gasteiger partial charge on any atom is -0.495 e. The molecule has 0 saturated heterocycles. The number of aliphatic imine (C=N–C) groups is 4. The second kappa shape index (κ2) is 17.7. The van der Waals surface area contributed by atoms with Gasteiger partial charge in [-0.25, -0.2) is 23.8 Å². The molecule has 0 aromatic heterocycles. The molecule has 0 saturated carbocycles. The minimum atomic E-state index is -4.63. The Balaban J connectivity index is 1.17. The molecule has 0 unspecified atom stereocenters. The second-order valence-corrected chi connectivity index (χ2v) is 21.1. The summed E-state index contributed by atoms with van der Waals surface area (Å²) in [5.74, 6) is 0.0608. The summed E-state index contributed by atoms with van der Waals surface area (Å²) in [6, 6.07) is 28.9. The predicted molar refractivity (Wildman–Crippen MR) is 271 cm³/mol. The zero-order valence-corrected chi connectivity index (χ0v) is 41.0. The van der Waals surface area contributed by atoms with Crippen molar-refractivity contribution in [1.82, 2.24) is 0 Å². The first-order valence-corrected chi connectivity index (χ1v) is 26.4. The molecule has 7 aromatic rings. The van der Waals surface area contributed by atoms with Gasteiger partial charge < -0.3 is 14.1 Å². The van der Waals surface area contributed by atoms with Crippen molar-refractivity contribution < 1.29 is 73.3 Å². The van der Waals surface area contributed by atoms with E-state index in [0.717, 1.165) is 22.8 Å². The van der Waals surface area contributed by atoms with Crippen LogP contribution in [0.5, 0.6) is 5.75 Å². The number of nitrogens with zero attached hydrogens (tertiary/aromatic N) is 6. The number of amidine groups is 6. The summed E-state index contributed by atoms with van der Waals surface area (Å²) in [4.78, 5) is 48.2. The first-order chi connectivity index (χ1) is 35.6. The largest absolute Gasteiger partial charge is 0.801 e. The van der Waals surface area contributed by atoms with E-state index in [9.17, 15) is 35.5 Å². The highest BCUT2D eigenvalue weighted by atomic mass is 32.2. The summed E-state index contributed by atoms with van der Waals surface area (Å²) in [6.07, 6.45) is 1.06. The zero-order valence-electron chi connectivity index (χ0n) is 38.5. The van der Waals surface area contributed by atoms with Gasteiger partial charge in [-0.1, -0.05) is 52.1 Å².